The molecule has 3 saturated carbocycles. The zero-order valence-electron chi connectivity index (χ0n) is 21.5. The van der Waals surface area contributed by atoms with Gasteiger partial charge >= 0.3 is 0 Å². The summed E-state index contributed by atoms with van der Waals surface area (Å²) in [6, 6.07) is 10.1. The third-order valence-electron chi connectivity index (χ3n) is 12.6. The quantitative estimate of drug-likeness (QED) is 0.634. The Labute approximate surface area is 218 Å². The average molecular weight is 494 g/mol. The van der Waals surface area contributed by atoms with Crippen LogP contribution in [0.2, 0.25) is 0 Å². The van der Waals surface area contributed by atoms with Gasteiger partial charge in [-0.3, -0.25) is 9.88 Å². The molecule has 0 amide bonds. The van der Waals surface area contributed by atoms with Gasteiger partial charge in [-0.2, -0.15) is 0 Å². The maximum Gasteiger partial charge on any atom is 0.110 e. The highest BCUT2D eigenvalue weighted by Crippen LogP contribution is 2.81. The summed E-state index contributed by atoms with van der Waals surface area (Å²) in [4.78, 5) is 6.99. The maximum absolute atomic E-state index is 7.57. The molecule has 6 fully saturated rings. The van der Waals surface area contributed by atoms with Gasteiger partial charge in [0, 0.05) is 48.4 Å². The second-order valence-electron chi connectivity index (χ2n) is 14.0. The van der Waals surface area contributed by atoms with Crippen LogP contribution in [0.3, 0.4) is 0 Å². The van der Waals surface area contributed by atoms with Crippen molar-refractivity contribution in [1.82, 2.24) is 9.88 Å². The number of hydrogen-bond donors (Lipinski definition) is 1. The number of pyridine rings is 1. The van der Waals surface area contributed by atoms with Crippen molar-refractivity contribution in [3.8, 4) is 0 Å². The minimum atomic E-state index is -0.133. The third-order valence-corrected chi connectivity index (χ3v) is 12.6. The normalized spacial score (nSPS) is 50.7. The summed E-state index contributed by atoms with van der Waals surface area (Å²) >= 11 is 0. The molecule has 4 aliphatic carbocycles. The molecule has 2 spiro atoms. The van der Waals surface area contributed by atoms with Gasteiger partial charge in [-0.1, -0.05) is 31.2 Å². The smallest absolute Gasteiger partial charge is 0.110 e. The molecular weight excluding hydrogens is 458 g/mol. The minimum absolute atomic E-state index is 0.118. The number of likely N-dealkylation sites (tertiary alicyclic amines) is 1. The number of epoxide rings is 1. The van der Waals surface area contributed by atoms with Crippen molar-refractivity contribution >= 4 is 10.8 Å². The van der Waals surface area contributed by atoms with Gasteiger partial charge in [-0.15, -0.1) is 0 Å². The maximum atomic E-state index is 7.57. The van der Waals surface area contributed by atoms with E-state index in [0.29, 0.717) is 24.1 Å². The summed E-state index contributed by atoms with van der Waals surface area (Å²) in [5.41, 5.74) is 10.9. The Morgan fingerprint density at radius 2 is 2.03 bits per heavy atom. The predicted octanol–water partition coefficient (Wildman–Crippen LogP) is 4.26. The van der Waals surface area contributed by atoms with Crippen LogP contribution in [0.5, 0.6) is 0 Å². The summed E-state index contributed by atoms with van der Waals surface area (Å²) in [7, 11) is 0. The first kappa shape index (κ1) is 20.9. The fourth-order valence-electron chi connectivity index (χ4n) is 10.8. The fourth-order valence-corrected chi connectivity index (χ4v) is 10.8. The van der Waals surface area contributed by atoms with Gasteiger partial charge in [0.25, 0.3) is 0 Å². The third kappa shape index (κ3) is 2.26. The Bertz CT molecular complexity index is 1460. The lowest BCUT2D eigenvalue weighted by molar-refractivity contribution is -0.145. The van der Waals surface area contributed by atoms with E-state index >= 15 is 0 Å². The van der Waals surface area contributed by atoms with Crippen LogP contribution in [0.4, 0.5) is 0 Å². The first-order valence-corrected chi connectivity index (χ1v) is 14.6. The molecule has 2 N–H and O–H groups in total. The monoisotopic (exact) mass is 493 g/mol. The van der Waals surface area contributed by atoms with Crippen molar-refractivity contribution in [2.75, 3.05) is 13.1 Å². The number of rotatable bonds is 2. The van der Waals surface area contributed by atoms with Crippen molar-refractivity contribution in [2.45, 2.75) is 86.4 Å². The van der Waals surface area contributed by atoms with Crippen molar-refractivity contribution in [3.05, 3.63) is 65.5 Å². The van der Waals surface area contributed by atoms with Gasteiger partial charge in [-0.25, -0.2) is 0 Å². The van der Waals surface area contributed by atoms with Crippen molar-refractivity contribution < 1.29 is 9.47 Å². The Morgan fingerprint density at radius 3 is 2.92 bits per heavy atom. The molecule has 37 heavy (non-hydrogen) atoms. The van der Waals surface area contributed by atoms with Gasteiger partial charge < -0.3 is 15.2 Å². The molecule has 5 nitrogen and oxygen atoms in total. The van der Waals surface area contributed by atoms with Gasteiger partial charge in [-0.05, 0) is 90.0 Å². The number of nitrogens with zero attached hydrogens (tertiary/aromatic N) is 2. The number of ether oxygens (including phenoxy) is 2. The lowest BCUT2D eigenvalue weighted by Gasteiger charge is -2.56. The highest BCUT2D eigenvalue weighted by Gasteiger charge is 2.79. The number of nitrogens with two attached hydrogens (primary N) is 1. The largest absolute Gasteiger partial charge is 0.363 e. The predicted molar refractivity (Wildman–Crippen MR) is 141 cm³/mol. The fraction of sp³-hybridized carbons (Fsp3) is 0.594. The van der Waals surface area contributed by atoms with E-state index in [2.05, 4.69) is 53.2 Å². The van der Waals surface area contributed by atoms with Crippen LogP contribution in [0, 0.1) is 17.3 Å². The summed E-state index contributed by atoms with van der Waals surface area (Å²) in [6.07, 6.45) is 16.9. The zero-order chi connectivity index (χ0) is 24.4. The average Bonchev–Trinajstić information content (AvgIpc) is 3.79. The molecule has 1 aromatic carbocycles. The van der Waals surface area contributed by atoms with E-state index in [9.17, 15) is 0 Å². The molecule has 10 rings (SSSR count). The molecule has 2 aromatic rings. The van der Waals surface area contributed by atoms with E-state index in [1.165, 1.54) is 40.3 Å². The van der Waals surface area contributed by atoms with Crippen LogP contribution in [-0.4, -0.2) is 58.5 Å². The minimum Gasteiger partial charge on any atom is -0.363 e. The topological polar surface area (TPSA) is 63.9 Å². The second kappa shape index (κ2) is 6.22. The summed E-state index contributed by atoms with van der Waals surface area (Å²) < 4.78 is 13.9. The van der Waals surface area contributed by atoms with Crippen LogP contribution in [-0.2, 0) is 14.9 Å². The molecule has 2 unspecified atom stereocenters. The molecule has 8 aliphatic rings. The molecule has 4 aliphatic heterocycles. The Hall–Kier alpha value is -2.05. The van der Waals surface area contributed by atoms with Crippen LogP contribution in [0.15, 0.2) is 60.0 Å². The standard InChI is InChI=1S/C32H35N3O2/c1-29-6-4-21-11-24-27-28(36-27)25(35-16-23(33)17-35)14-30(24)7-8-32(21,37-30)26(29)12-22-13-31(22,29)20-3-2-18-5-9-34-15-19(18)10-20/h2-5,9-11,15,22-23,25-28H,6-8,12-14,16-17,33H2,1H3/t22-,25-,26+,27+,28?,29-,30+,31-,32?/m0/s1. The van der Waals surface area contributed by atoms with Gasteiger partial charge in [0.2, 0.25) is 0 Å². The van der Waals surface area contributed by atoms with Crippen LogP contribution in [0.25, 0.3) is 10.8 Å². The molecule has 1 aromatic heterocycles. The Kier molecular flexibility index (Phi) is 3.51. The summed E-state index contributed by atoms with van der Waals surface area (Å²) in [6.45, 7) is 4.63. The number of benzene rings is 1. The van der Waals surface area contributed by atoms with E-state index in [1.807, 2.05) is 12.4 Å². The lowest BCUT2D eigenvalue weighted by Crippen LogP contribution is -2.64. The van der Waals surface area contributed by atoms with Crippen LogP contribution in [0.1, 0.15) is 51.0 Å². The number of allylic oxidation sites excluding steroid dienone is 1. The number of aromatic nitrogens is 1. The molecule has 2 bridgehead atoms. The van der Waals surface area contributed by atoms with Gasteiger partial charge in [0.15, 0.2) is 0 Å². The Balaban J connectivity index is 1.06. The first-order chi connectivity index (χ1) is 18.0. The molecule has 5 heterocycles. The molecule has 9 atom stereocenters. The molecular formula is C32H35N3O2. The molecule has 3 saturated heterocycles. The van der Waals surface area contributed by atoms with Crippen LogP contribution >= 0.6 is 0 Å². The lowest BCUT2D eigenvalue weighted by atomic mass is 9.55. The number of hydrogen-bond acceptors (Lipinski definition) is 5. The molecule has 190 valence electrons. The van der Waals surface area contributed by atoms with Crippen molar-refractivity contribution in [2.24, 2.45) is 23.0 Å². The van der Waals surface area contributed by atoms with E-state index < -0.39 is 0 Å². The van der Waals surface area contributed by atoms with E-state index in [-0.39, 0.29) is 28.1 Å². The first-order valence-electron chi connectivity index (χ1n) is 14.6. The highest BCUT2D eigenvalue weighted by atomic mass is 16.6. The van der Waals surface area contributed by atoms with Gasteiger partial charge in [0.05, 0.1) is 11.2 Å². The summed E-state index contributed by atoms with van der Waals surface area (Å²) in [5, 5.41) is 2.56. The van der Waals surface area contributed by atoms with E-state index in [4.69, 9.17) is 15.2 Å². The van der Waals surface area contributed by atoms with Gasteiger partial charge in [0.1, 0.15) is 12.2 Å². The highest BCUT2D eigenvalue weighted by molar-refractivity contribution is 5.82. The number of fused-ring (bicyclic) bond motifs is 6. The van der Waals surface area contributed by atoms with Crippen molar-refractivity contribution in [3.63, 3.8) is 0 Å². The Morgan fingerprint density at radius 1 is 1.11 bits per heavy atom. The van der Waals surface area contributed by atoms with E-state index in [1.54, 1.807) is 0 Å². The molecule has 0 radical (unpaired) electrons. The summed E-state index contributed by atoms with van der Waals surface area (Å²) in [5.74, 6) is 1.34. The SMILES string of the molecule is C[C@]12CC=C3C=C4[C@H]5OC5[C@@H](N5CC(N)C5)C[C@]45CCC3(O5)[C@@H]1C[C@H]1C[C@]12c1ccc2ccncc2c1. The van der Waals surface area contributed by atoms with Crippen molar-refractivity contribution in [1.29, 1.82) is 0 Å². The van der Waals surface area contributed by atoms with Crippen LogP contribution < -0.4 is 5.73 Å². The van der Waals surface area contributed by atoms with E-state index in [0.717, 1.165) is 44.7 Å². The second-order valence-corrected chi connectivity index (χ2v) is 14.0. The zero-order valence-corrected chi connectivity index (χ0v) is 21.5. The molecule has 5 heteroatoms.